The van der Waals surface area contributed by atoms with E-state index >= 15 is 0 Å². The predicted octanol–water partition coefficient (Wildman–Crippen LogP) is 3.66. The fourth-order valence-corrected chi connectivity index (χ4v) is 4.47. The van der Waals surface area contributed by atoms with E-state index in [2.05, 4.69) is 15.0 Å². The number of pyridine rings is 1. The van der Waals surface area contributed by atoms with E-state index in [4.69, 9.17) is 0 Å². The van der Waals surface area contributed by atoms with Gasteiger partial charge >= 0.3 is 0 Å². The van der Waals surface area contributed by atoms with Crippen molar-refractivity contribution in [2.24, 2.45) is 0 Å². The summed E-state index contributed by atoms with van der Waals surface area (Å²) in [5.74, 6) is 0.541. The number of aryl methyl sites for hydroxylation is 1. The third-order valence-corrected chi connectivity index (χ3v) is 5.75. The molecular formula is C18H17N3O2S2. The Hall–Kier alpha value is -2.25. The summed E-state index contributed by atoms with van der Waals surface area (Å²) in [4.78, 5) is 14.3. The van der Waals surface area contributed by atoms with E-state index in [1.807, 2.05) is 37.3 Å². The molecule has 2 heterocycles. The largest absolute Gasteiger partial charge is 0.253 e. The second-order valence-corrected chi connectivity index (χ2v) is 8.46. The van der Waals surface area contributed by atoms with Gasteiger partial charge in [-0.2, -0.15) is 0 Å². The average molecular weight is 371 g/mol. The average Bonchev–Trinajstić information content (AvgIpc) is 2.61. The summed E-state index contributed by atoms with van der Waals surface area (Å²) in [7, 11) is -3.31. The normalized spacial score (nSPS) is 11.4. The van der Waals surface area contributed by atoms with Crippen molar-refractivity contribution in [3.63, 3.8) is 0 Å². The minimum absolute atomic E-state index is 0.302. The number of benzene rings is 1. The van der Waals surface area contributed by atoms with Crippen LogP contribution in [0.4, 0.5) is 0 Å². The van der Waals surface area contributed by atoms with Gasteiger partial charge in [-0.25, -0.2) is 18.4 Å². The number of hydrogen-bond acceptors (Lipinski definition) is 6. The van der Waals surface area contributed by atoms with Crippen LogP contribution in [0.3, 0.4) is 0 Å². The highest BCUT2D eigenvalue weighted by atomic mass is 32.2. The highest BCUT2D eigenvalue weighted by molar-refractivity contribution is 8.00. The lowest BCUT2D eigenvalue weighted by atomic mass is 10.3. The number of sulfone groups is 1. The maximum Gasteiger partial charge on any atom is 0.179 e. The molecule has 5 nitrogen and oxygen atoms in total. The molecular weight excluding hydrogens is 354 g/mol. The summed E-state index contributed by atoms with van der Waals surface area (Å²) in [5, 5.41) is 0.698. The molecule has 2 aromatic heterocycles. The first-order chi connectivity index (χ1) is 12.0. The van der Waals surface area contributed by atoms with Crippen molar-refractivity contribution in [1.29, 1.82) is 0 Å². The summed E-state index contributed by atoms with van der Waals surface area (Å²) in [5.41, 5.74) is 1.58. The van der Waals surface area contributed by atoms with Gasteiger partial charge in [0.1, 0.15) is 10.7 Å². The van der Waals surface area contributed by atoms with Gasteiger partial charge in [-0.15, -0.1) is 0 Å². The van der Waals surface area contributed by atoms with E-state index in [-0.39, 0.29) is 0 Å². The topological polar surface area (TPSA) is 72.8 Å². The molecule has 0 spiro atoms. The van der Waals surface area contributed by atoms with E-state index in [1.165, 1.54) is 18.0 Å². The lowest BCUT2D eigenvalue weighted by Crippen LogP contribution is -2.00. The monoisotopic (exact) mass is 371 g/mol. The Morgan fingerprint density at radius 2 is 1.80 bits per heavy atom. The molecule has 0 amide bonds. The maximum absolute atomic E-state index is 12.0. The zero-order chi connectivity index (χ0) is 17.9. The van der Waals surface area contributed by atoms with Crippen molar-refractivity contribution in [2.45, 2.75) is 28.2 Å². The van der Waals surface area contributed by atoms with Gasteiger partial charge in [0.25, 0.3) is 0 Å². The second kappa shape index (κ2) is 7.33. The smallest absolute Gasteiger partial charge is 0.179 e. The highest BCUT2D eigenvalue weighted by Gasteiger charge is 2.15. The molecule has 3 aromatic rings. The van der Waals surface area contributed by atoms with Gasteiger partial charge < -0.3 is 0 Å². The summed E-state index contributed by atoms with van der Waals surface area (Å²) in [6.07, 6.45) is 3.66. The minimum Gasteiger partial charge on any atom is -0.253 e. The minimum atomic E-state index is -3.31. The lowest BCUT2D eigenvalue weighted by Gasteiger charge is -2.09. The third-order valence-electron chi connectivity index (χ3n) is 3.48. The standard InChI is InChI=1S/C18H17N3O2S2/c1-3-13-12-17(21-18(20-13)14-8-6-7-11-19-14)24-15-9-4-5-10-16(15)25(2,22)23/h4-12H,3H2,1-2H3. The molecule has 0 saturated carbocycles. The van der Waals surface area contributed by atoms with Crippen molar-refractivity contribution in [3.05, 3.63) is 60.4 Å². The number of hydrogen-bond donors (Lipinski definition) is 0. The molecule has 128 valence electrons. The summed E-state index contributed by atoms with van der Waals surface area (Å²) in [6, 6.07) is 14.4. The van der Waals surface area contributed by atoms with Crippen LogP contribution in [0, 0.1) is 0 Å². The third kappa shape index (κ3) is 4.24. The Morgan fingerprint density at radius 3 is 2.48 bits per heavy atom. The van der Waals surface area contributed by atoms with Crippen molar-refractivity contribution < 1.29 is 8.42 Å². The highest BCUT2D eigenvalue weighted by Crippen LogP contribution is 2.32. The Kier molecular flexibility index (Phi) is 5.15. The van der Waals surface area contributed by atoms with Gasteiger partial charge in [0.05, 0.1) is 4.90 Å². The number of nitrogens with zero attached hydrogens (tertiary/aromatic N) is 3. The van der Waals surface area contributed by atoms with Crippen LogP contribution in [0.15, 0.2) is 69.5 Å². The molecule has 7 heteroatoms. The summed E-state index contributed by atoms with van der Waals surface area (Å²) < 4.78 is 24.0. The molecule has 0 aliphatic carbocycles. The number of rotatable bonds is 5. The molecule has 1 aromatic carbocycles. The first-order valence-corrected chi connectivity index (χ1v) is 10.4. The first-order valence-electron chi connectivity index (χ1n) is 7.73. The van der Waals surface area contributed by atoms with Crippen molar-refractivity contribution in [3.8, 4) is 11.5 Å². The van der Waals surface area contributed by atoms with E-state index < -0.39 is 9.84 Å². The molecule has 0 aliphatic heterocycles. The van der Waals surface area contributed by atoms with Crippen LogP contribution in [0.5, 0.6) is 0 Å². The Balaban J connectivity index is 2.05. The zero-order valence-corrected chi connectivity index (χ0v) is 15.5. The van der Waals surface area contributed by atoms with E-state index in [1.54, 1.807) is 24.4 Å². The van der Waals surface area contributed by atoms with Crippen LogP contribution in [0.25, 0.3) is 11.5 Å². The molecule has 0 atom stereocenters. The molecule has 0 radical (unpaired) electrons. The quantitative estimate of drug-likeness (QED) is 0.637. The summed E-state index contributed by atoms with van der Waals surface area (Å²) in [6.45, 7) is 2.02. The van der Waals surface area contributed by atoms with Gasteiger partial charge in [-0.3, -0.25) is 4.98 Å². The SMILES string of the molecule is CCc1cc(Sc2ccccc2S(C)(=O)=O)nc(-c2ccccn2)n1. The van der Waals surface area contributed by atoms with E-state index in [9.17, 15) is 8.42 Å². The molecule has 0 fully saturated rings. The molecule has 0 bridgehead atoms. The van der Waals surface area contributed by atoms with Gasteiger partial charge in [0, 0.05) is 23.0 Å². The van der Waals surface area contributed by atoms with Gasteiger partial charge in [-0.1, -0.05) is 36.9 Å². The molecule has 25 heavy (non-hydrogen) atoms. The first kappa shape index (κ1) is 17.6. The van der Waals surface area contributed by atoms with Gasteiger partial charge in [-0.05, 0) is 36.8 Å². The second-order valence-electron chi connectivity index (χ2n) is 5.41. The Bertz CT molecular complexity index is 990. The Labute approximate surface area is 151 Å². The number of aromatic nitrogens is 3. The van der Waals surface area contributed by atoms with Crippen LogP contribution in [-0.2, 0) is 16.3 Å². The molecule has 0 saturated heterocycles. The summed E-state index contributed by atoms with van der Waals surface area (Å²) >= 11 is 1.32. The maximum atomic E-state index is 12.0. The molecule has 0 aliphatic rings. The Morgan fingerprint density at radius 1 is 1.04 bits per heavy atom. The van der Waals surface area contributed by atoms with Crippen LogP contribution >= 0.6 is 11.8 Å². The van der Waals surface area contributed by atoms with Crippen molar-refractivity contribution in [1.82, 2.24) is 15.0 Å². The molecule has 3 rings (SSSR count). The van der Waals surface area contributed by atoms with Crippen LogP contribution < -0.4 is 0 Å². The fraction of sp³-hybridized carbons (Fsp3) is 0.167. The molecule has 0 N–H and O–H groups in total. The van der Waals surface area contributed by atoms with E-state index in [0.717, 1.165) is 12.1 Å². The zero-order valence-electron chi connectivity index (χ0n) is 13.9. The lowest BCUT2D eigenvalue weighted by molar-refractivity contribution is 0.600. The molecule has 0 unspecified atom stereocenters. The van der Waals surface area contributed by atoms with Crippen LogP contribution in [-0.4, -0.2) is 29.6 Å². The van der Waals surface area contributed by atoms with Crippen LogP contribution in [0.1, 0.15) is 12.6 Å². The van der Waals surface area contributed by atoms with E-state index in [0.29, 0.717) is 26.3 Å². The van der Waals surface area contributed by atoms with Gasteiger partial charge in [0.2, 0.25) is 0 Å². The predicted molar refractivity (Wildman–Crippen MR) is 98.3 cm³/mol. The van der Waals surface area contributed by atoms with Crippen molar-refractivity contribution in [2.75, 3.05) is 6.26 Å². The van der Waals surface area contributed by atoms with Crippen LogP contribution in [0.2, 0.25) is 0 Å². The van der Waals surface area contributed by atoms with Crippen molar-refractivity contribution >= 4 is 21.6 Å². The van der Waals surface area contributed by atoms with Gasteiger partial charge in [0.15, 0.2) is 15.7 Å². The fourth-order valence-electron chi connectivity index (χ4n) is 2.27.